The van der Waals surface area contributed by atoms with Crippen molar-refractivity contribution in [2.75, 3.05) is 45.7 Å². The lowest BCUT2D eigenvalue weighted by molar-refractivity contribution is -0.130. The quantitative estimate of drug-likeness (QED) is 0.793. The summed E-state index contributed by atoms with van der Waals surface area (Å²) in [5.41, 5.74) is 0. The SMILES string of the molecule is COc1cc(N2CC[C@H]3[C@H]2CCN3CC(=O)N(C)C)ncn1. The molecule has 2 atom stereocenters. The molecule has 2 fully saturated rings. The molecule has 1 amide bonds. The highest BCUT2D eigenvalue weighted by Gasteiger charge is 2.43. The Morgan fingerprint density at radius 1 is 1.32 bits per heavy atom. The van der Waals surface area contributed by atoms with E-state index in [1.165, 1.54) is 0 Å². The Bertz CT molecular complexity index is 550. The van der Waals surface area contributed by atoms with Crippen LogP contribution in [0.15, 0.2) is 12.4 Å². The molecule has 0 unspecified atom stereocenters. The van der Waals surface area contributed by atoms with Crippen LogP contribution in [0.25, 0.3) is 0 Å². The summed E-state index contributed by atoms with van der Waals surface area (Å²) in [4.78, 5) is 26.7. The predicted molar refractivity (Wildman–Crippen MR) is 83.0 cm³/mol. The Kier molecular flexibility index (Phi) is 4.15. The van der Waals surface area contributed by atoms with Crippen molar-refractivity contribution < 1.29 is 9.53 Å². The highest BCUT2D eigenvalue weighted by atomic mass is 16.5. The number of fused-ring (bicyclic) bond motifs is 1. The van der Waals surface area contributed by atoms with E-state index in [1.54, 1.807) is 18.3 Å². The molecule has 1 aromatic heterocycles. The molecule has 3 heterocycles. The van der Waals surface area contributed by atoms with Gasteiger partial charge in [0.1, 0.15) is 12.1 Å². The third-order valence-corrected chi connectivity index (χ3v) is 4.66. The number of likely N-dealkylation sites (tertiary alicyclic amines) is 1. The van der Waals surface area contributed by atoms with Crippen LogP contribution in [-0.2, 0) is 4.79 Å². The fourth-order valence-corrected chi connectivity index (χ4v) is 3.47. The number of carbonyl (C=O) groups excluding carboxylic acids is 1. The number of hydrogen-bond donors (Lipinski definition) is 0. The van der Waals surface area contributed by atoms with E-state index in [2.05, 4.69) is 19.8 Å². The van der Waals surface area contributed by atoms with Crippen molar-refractivity contribution in [1.82, 2.24) is 19.8 Å². The molecule has 7 heteroatoms. The fourth-order valence-electron chi connectivity index (χ4n) is 3.47. The van der Waals surface area contributed by atoms with Crippen molar-refractivity contribution in [2.24, 2.45) is 0 Å². The summed E-state index contributed by atoms with van der Waals surface area (Å²) in [6.07, 6.45) is 3.68. The number of ether oxygens (including phenoxy) is 1. The molecule has 7 nitrogen and oxygen atoms in total. The number of nitrogens with zero attached hydrogens (tertiary/aromatic N) is 5. The number of likely N-dealkylation sites (N-methyl/N-ethyl adjacent to an activating group) is 1. The average Bonchev–Trinajstić information content (AvgIpc) is 3.10. The van der Waals surface area contributed by atoms with Gasteiger partial charge in [0.25, 0.3) is 0 Å². The second kappa shape index (κ2) is 6.08. The molecular weight excluding hydrogens is 282 g/mol. The Morgan fingerprint density at radius 2 is 2.09 bits per heavy atom. The van der Waals surface area contributed by atoms with Crippen LogP contribution in [0.2, 0.25) is 0 Å². The van der Waals surface area contributed by atoms with Gasteiger partial charge in [0.15, 0.2) is 0 Å². The first-order chi connectivity index (χ1) is 10.6. The number of amides is 1. The van der Waals surface area contributed by atoms with Gasteiger partial charge in [-0.15, -0.1) is 0 Å². The first-order valence-electron chi connectivity index (χ1n) is 7.67. The Morgan fingerprint density at radius 3 is 2.82 bits per heavy atom. The van der Waals surface area contributed by atoms with Gasteiger partial charge in [0.2, 0.25) is 11.8 Å². The van der Waals surface area contributed by atoms with Crippen LogP contribution in [0.4, 0.5) is 5.82 Å². The summed E-state index contributed by atoms with van der Waals surface area (Å²) < 4.78 is 5.19. The van der Waals surface area contributed by atoms with Crippen LogP contribution in [0.5, 0.6) is 5.88 Å². The van der Waals surface area contributed by atoms with Crippen molar-refractivity contribution in [2.45, 2.75) is 24.9 Å². The van der Waals surface area contributed by atoms with Crippen molar-refractivity contribution in [3.8, 4) is 5.88 Å². The summed E-state index contributed by atoms with van der Waals surface area (Å²) in [7, 11) is 5.23. The fraction of sp³-hybridized carbons (Fsp3) is 0.667. The maximum absolute atomic E-state index is 12.0. The van der Waals surface area contributed by atoms with Crippen molar-refractivity contribution in [3.63, 3.8) is 0 Å². The van der Waals surface area contributed by atoms with Gasteiger partial charge in [0.05, 0.1) is 13.7 Å². The Labute approximate surface area is 130 Å². The maximum Gasteiger partial charge on any atom is 0.236 e. The normalized spacial score (nSPS) is 24.4. The topological polar surface area (TPSA) is 61.8 Å². The standard InChI is InChI=1S/C15H23N5O2/c1-18(2)15(21)9-19-6-4-12-11(19)5-7-20(12)13-8-14(22-3)17-10-16-13/h8,10-12H,4-7,9H2,1-3H3/t11-,12+/m0/s1. The highest BCUT2D eigenvalue weighted by molar-refractivity contribution is 5.77. The summed E-state index contributed by atoms with van der Waals surface area (Å²) in [5.74, 6) is 1.68. The minimum atomic E-state index is 0.169. The van der Waals surface area contributed by atoms with Crippen molar-refractivity contribution in [3.05, 3.63) is 12.4 Å². The molecule has 2 aliphatic heterocycles. The zero-order chi connectivity index (χ0) is 15.7. The molecule has 0 radical (unpaired) electrons. The Balaban J connectivity index is 1.70. The second-order valence-corrected chi connectivity index (χ2v) is 6.08. The van der Waals surface area contributed by atoms with E-state index in [9.17, 15) is 4.79 Å². The lowest BCUT2D eigenvalue weighted by Crippen LogP contribution is -2.41. The molecule has 0 spiro atoms. The minimum Gasteiger partial charge on any atom is -0.481 e. The van der Waals surface area contributed by atoms with Gasteiger partial charge in [0, 0.05) is 45.3 Å². The van der Waals surface area contributed by atoms with E-state index in [1.807, 2.05) is 20.2 Å². The van der Waals surface area contributed by atoms with Gasteiger partial charge in [-0.05, 0) is 12.8 Å². The number of carbonyl (C=O) groups is 1. The molecule has 22 heavy (non-hydrogen) atoms. The number of aromatic nitrogens is 2. The maximum atomic E-state index is 12.0. The van der Waals surface area contributed by atoms with Crippen LogP contribution >= 0.6 is 0 Å². The average molecular weight is 305 g/mol. The largest absolute Gasteiger partial charge is 0.481 e. The summed E-state index contributed by atoms with van der Waals surface area (Å²) >= 11 is 0. The molecule has 0 bridgehead atoms. The summed E-state index contributed by atoms with van der Waals surface area (Å²) in [6, 6.07) is 2.75. The third kappa shape index (κ3) is 2.72. The second-order valence-electron chi connectivity index (χ2n) is 6.08. The van der Waals surface area contributed by atoms with Gasteiger partial charge >= 0.3 is 0 Å². The zero-order valence-corrected chi connectivity index (χ0v) is 13.4. The van der Waals surface area contributed by atoms with Crippen molar-refractivity contribution >= 4 is 11.7 Å². The summed E-state index contributed by atoms with van der Waals surface area (Å²) in [5, 5.41) is 0. The number of rotatable bonds is 4. The van der Waals surface area contributed by atoms with Gasteiger partial charge < -0.3 is 14.5 Å². The van der Waals surface area contributed by atoms with Crippen LogP contribution in [0.1, 0.15) is 12.8 Å². The molecule has 0 N–H and O–H groups in total. The third-order valence-electron chi connectivity index (χ3n) is 4.66. The predicted octanol–water partition coefficient (Wildman–Crippen LogP) is 0.226. The highest BCUT2D eigenvalue weighted by Crippen LogP contribution is 2.34. The minimum absolute atomic E-state index is 0.169. The molecule has 0 saturated carbocycles. The van der Waals surface area contributed by atoms with Crippen molar-refractivity contribution in [1.29, 1.82) is 0 Å². The lowest BCUT2D eigenvalue weighted by Gasteiger charge is -2.26. The summed E-state index contributed by atoms with van der Waals surface area (Å²) in [6.45, 7) is 2.44. The number of anilines is 1. The van der Waals surface area contributed by atoms with Gasteiger partial charge in [-0.25, -0.2) is 9.97 Å². The molecule has 2 saturated heterocycles. The number of methoxy groups -OCH3 is 1. The molecule has 120 valence electrons. The first kappa shape index (κ1) is 15.0. The monoisotopic (exact) mass is 305 g/mol. The van der Waals surface area contributed by atoms with Gasteiger partial charge in [-0.3, -0.25) is 9.69 Å². The molecule has 2 aliphatic rings. The molecule has 0 aromatic carbocycles. The van der Waals surface area contributed by atoms with E-state index in [0.29, 0.717) is 24.5 Å². The zero-order valence-electron chi connectivity index (χ0n) is 13.4. The van der Waals surface area contributed by atoms with Crippen LogP contribution < -0.4 is 9.64 Å². The lowest BCUT2D eigenvalue weighted by atomic mass is 10.1. The first-order valence-corrected chi connectivity index (χ1v) is 7.67. The number of hydrogen-bond acceptors (Lipinski definition) is 6. The molecule has 0 aliphatic carbocycles. The van der Waals surface area contributed by atoms with E-state index in [0.717, 1.165) is 31.7 Å². The van der Waals surface area contributed by atoms with E-state index >= 15 is 0 Å². The Hall–Kier alpha value is -1.89. The van der Waals surface area contributed by atoms with Crippen LogP contribution in [0, 0.1) is 0 Å². The van der Waals surface area contributed by atoms with E-state index < -0.39 is 0 Å². The van der Waals surface area contributed by atoms with E-state index in [4.69, 9.17) is 4.74 Å². The van der Waals surface area contributed by atoms with E-state index in [-0.39, 0.29) is 5.91 Å². The van der Waals surface area contributed by atoms with Crippen LogP contribution in [-0.4, -0.2) is 78.6 Å². The molecule has 3 rings (SSSR count). The van der Waals surface area contributed by atoms with Gasteiger partial charge in [-0.2, -0.15) is 0 Å². The van der Waals surface area contributed by atoms with Crippen LogP contribution in [0.3, 0.4) is 0 Å². The smallest absolute Gasteiger partial charge is 0.236 e. The van der Waals surface area contributed by atoms with Gasteiger partial charge in [-0.1, -0.05) is 0 Å². The molecule has 1 aromatic rings. The molecular formula is C15H23N5O2.